The van der Waals surface area contributed by atoms with E-state index < -0.39 is 0 Å². The summed E-state index contributed by atoms with van der Waals surface area (Å²) >= 11 is 0. The van der Waals surface area contributed by atoms with Crippen molar-refractivity contribution in [3.8, 4) is 0 Å². The molecule has 0 bridgehead atoms. The molecule has 0 nitrogen and oxygen atoms in total. The van der Waals surface area contributed by atoms with Gasteiger partial charge in [-0.25, -0.2) is 0 Å². The summed E-state index contributed by atoms with van der Waals surface area (Å²) in [5.41, 5.74) is 2.03. The summed E-state index contributed by atoms with van der Waals surface area (Å²) in [6.45, 7) is 13.7. The van der Waals surface area contributed by atoms with Crippen LogP contribution in [0.4, 0.5) is 0 Å². The molecule has 2 aliphatic rings. The lowest BCUT2D eigenvalue weighted by Gasteiger charge is -2.58. The van der Waals surface area contributed by atoms with Crippen molar-refractivity contribution in [2.75, 3.05) is 0 Å². The van der Waals surface area contributed by atoms with Gasteiger partial charge in [-0.2, -0.15) is 0 Å². The van der Waals surface area contributed by atoms with Gasteiger partial charge in [0.25, 0.3) is 0 Å². The van der Waals surface area contributed by atoms with Crippen molar-refractivity contribution in [2.24, 2.45) is 29.1 Å². The second-order valence-corrected chi connectivity index (χ2v) is 6.34. The molecule has 15 heavy (non-hydrogen) atoms. The second kappa shape index (κ2) is 3.64. The maximum atomic E-state index is 4.09. The fraction of sp³-hybridized carbons (Fsp3) is 0.867. The van der Waals surface area contributed by atoms with Crippen LogP contribution in [0, 0.1) is 29.1 Å². The molecule has 0 aromatic carbocycles. The lowest BCUT2D eigenvalue weighted by molar-refractivity contribution is -0.103. The molecule has 0 heteroatoms. The quantitative estimate of drug-likeness (QED) is 0.589. The van der Waals surface area contributed by atoms with Crippen LogP contribution in [-0.2, 0) is 0 Å². The molecule has 2 rings (SSSR count). The molecule has 5 unspecified atom stereocenters. The summed E-state index contributed by atoms with van der Waals surface area (Å²) in [7, 11) is 0. The van der Waals surface area contributed by atoms with Crippen LogP contribution in [0.15, 0.2) is 12.2 Å². The first-order valence-corrected chi connectivity index (χ1v) is 6.65. The van der Waals surface area contributed by atoms with Gasteiger partial charge in [0.2, 0.25) is 0 Å². The fourth-order valence-corrected chi connectivity index (χ4v) is 4.61. The average Bonchev–Trinajstić information content (AvgIpc) is 2.56. The van der Waals surface area contributed by atoms with Crippen LogP contribution >= 0.6 is 0 Å². The predicted octanol–water partition coefficient (Wildman–Crippen LogP) is 4.66. The van der Waals surface area contributed by atoms with Gasteiger partial charge in [0.15, 0.2) is 0 Å². The first-order chi connectivity index (χ1) is 7.00. The largest absolute Gasteiger partial charge is 0.100 e. The molecule has 0 aromatic rings. The van der Waals surface area contributed by atoms with Gasteiger partial charge >= 0.3 is 0 Å². The van der Waals surface area contributed by atoms with Crippen molar-refractivity contribution in [1.29, 1.82) is 0 Å². The summed E-state index contributed by atoms with van der Waals surface area (Å²) in [5.74, 6) is 3.96. The monoisotopic (exact) mass is 206 g/mol. The van der Waals surface area contributed by atoms with Crippen LogP contribution in [0.2, 0.25) is 0 Å². The molecule has 0 N–H and O–H groups in total. The van der Waals surface area contributed by atoms with E-state index in [0.29, 0.717) is 5.41 Å². The van der Waals surface area contributed by atoms with E-state index in [0.717, 1.165) is 23.7 Å². The molecule has 2 saturated carbocycles. The Morgan fingerprint density at radius 3 is 2.60 bits per heavy atom. The van der Waals surface area contributed by atoms with Crippen LogP contribution in [0.3, 0.4) is 0 Å². The molecule has 0 saturated heterocycles. The molecule has 0 aliphatic heterocycles. The van der Waals surface area contributed by atoms with Gasteiger partial charge in [-0.15, -0.1) is 6.58 Å². The first-order valence-electron chi connectivity index (χ1n) is 6.65. The average molecular weight is 206 g/mol. The maximum Gasteiger partial charge on any atom is -0.0266 e. The van der Waals surface area contributed by atoms with Crippen LogP contribution in [-0.4, -0.2) is 0 Å². The maximum absolute atomic E-state index is 4.09. The van der Waals surface area contributed by atoms with E-state index in [-0.39, 0.29) is 0 Å². The third-order valence-corrected chi connectivity index (χ3v) is 5.66. The van der Waals surface area contributed by atoms with E-state index in [1.807, 2.05) is 0 Å². The number of rotatable bonds is 3. The van der Waals surface area contributed by atoms with Gasteiger partial charge in [-0.1, -0.05) is 32.8 Å². The van der Waals surface area contributed by atoms with E-state index in [9.17, 15) is 0 Å². The molecule has 0 amide bonds. The smallest absolute Gasteiger partial charge is 0.0266 e. The number of allylic oxidation sites excluding steroid dienone is 1. The van der Waals surface area contributed by atoms with Gasteiger partial charge in [0.1, 0.15) is 0 Å². The highest BCUT2D eigenvalue weighted by molar-refractivity contribution is 5.10. The van der Waals surface area contributed by atoms with Gasteiger partial charge in [-0.05, 0) is 55.3 Å². The predicted molar refractivity (Wildman–Crippen MR) is 66.7 cm³/mol. The summed E-state index contributed by atoms with van der Waals surface area (Å²) in [5, 5.41) is 0. The normalized spacial score (nSPS) is 48.5. The van der Waals surface area contributed by atoms with E-state index in [1.165, 1.54) is 31.3 Å². The minimum Gasteiger partial charge on any atom is -0.100 e. The summed E-state index contributed by atoms with van der Waals surface area (Å²) in [6, 6.07) is 0. The van der Waals surface area contributed by atoms with E-state index in [4.69, 9.17) is 0 Å². The first kappa shape index (κ1) is 11.2. The highest BCUT2D eigenvalue weighted by atomic mass is 14.6. The van der Waals surface area contributed by atoms with Gasteiger partial charge in [0, 0.05) is 0 Å². The van der Waals surface area contributed by atoms with E-state index >= 15 is 0 Å². The summed E-state index contributed by atoms with van der Waals surface area (Å²) in [4.78, 5) is 0. The zero-order valence-electron chi connectivity index (χ0n) is 10.8. The zero-order chi connectivity index (χ0) is 11.2. The van der Waals surface area contributed by atoms with Gasteiger partial charge in [0.05, 0.1) is 0 Å². The molecule has 5 atom stereocenters. The Balaban J connectivity index is 2.11. The van der Waals surface area contributed by atoms with E-state index in [2.05, 4.69) is 34.3 Å². The zero-order valence-corrected chi connectivity index (χ0v) is 10.8. The lowest BCUT2D eigenvalue weighted by atomic mass is 9.46. The van der Waals surface area contributed by atoms with E-state index in [1.54, 1.807) is 0 Å². The summed E-state index contributed by atoms with van der Waals surface area (Å²) in [6.07, 6.45) is 5.59. The second-order valence-electron chi connectivity index (χ2n) is 6.34. The Kier molecular flexibility index (Phi) is 2.73. The Hall–Kier alpha value is -0.260. The van der Waals surface area contributed by atoms with Crippen LogP contribution < -0.4 is 0 Å². The van der Waals surface area contributed by atoms with Crippen molar-refractivity contribution >= 4 is 0 Å². The minimum absolute atomic E-state index is 0.640. The number of fused-ring (bicyclic) bond motifs is 1. The van der Waals surface area contributed by atoms with Gasteiger partial charge in [-0.3, -0.25) is 0 Å². The minimum atomic E-state index is 0.640. The summed E-state index contributed by atoms with van der Waals surface area (Å²) < 4.78 is 0. The molecule has 0 heterocycles. The van der Waals surface area contributed by atoms with Gasteiger partial charge < -0.3 is 0 Å². The van der Waals surface area contributed by atoms with Crippen molar-refractivity contribution in [3.63, 3.8) is 0 Å². The number of hydrogen-bond donors (Lipinski definition) is 0. The third-order valence-electron chi connectivity index (χ3n) is 5.66. The van der Waals surface area contributed by atoms with Crippen molar-refractivity contribution in [1.82, 2.24) is 0 Å². The van der Waals surface area contributed by atoms with Crippen LogP contribution in [0.25, 0.3) is 0 Å². The highest BCUT2D eigenvalue weighted by Crippen LogP contribution is 2.66. The molecule has 2 aliphatic carbocycles. The van der Waals surface area contributed by atoms with Crippen molar-refractivity contribution in [3.05, 3.63) is 12.2 Å². The Morgan fingerprint density at radius 1 is 1.40 bits per heavy atom. The molecular weight excluding hydrogens is 180 g/mol. The van der Waals surface area contributed by atoms with Crippen molar-refractivity contribution in [2.45, 2.75) is 53.4 Å². The molecule has 2 fully saturated rings. The Labute approximate surface area is 95.1 Å². The van der Waals surface area contributed by atoms with Crippen LogP contribution in [0.5, 0.6) is 0 Å². The topological polar surface area (TPSA) is 0 Å². The number of hydrogen-bond acceptors (Lipinski definition) is 0. The Morgan fingerprint density at radius 2 is 2.07 bits per heavy atom. The standard InChI is InChI=1S/C15H26/c1-6-15(5)11(4)13-8-7-12(14(13)15)9-10(2)3/h11-14H,2,6-9H2,1,3-5H3. The Bertz CT molecular complexity index is 265. The highest BCUT2D eigenvalue weighted by Gasteiger charge is 2.60. The SMILES string of the molecule is C=C(C)CC1CCC2C(C)C(C)(CC)C12. The molecule has 0 spiro atoms. The third kappa shape index (κ3) is 1.48. The molecular formula is C15H26. The fourth-order valence-electron chi connectivity index (χ4n) is 4.61. The van der Waals surface area contributed by atoms with Crippen LogP contribution in [0.1, 0.15) is 53.4 Å². The van der Waals surface area contributed by atoms with Crippen molar-refractivity contribution < 1.29 is 0 Å². The lowest BCUT2D eigenvalue weighted by Crippen LogP contribution is -2.53. The molecule has 0 radical (unpaired) electrons. The molecule has 86 valence electrons. The molecule has 0 aromatic heterocycles.